The highest BCUT2D eigenvalue weighted by molar-refractivity contribution is 5.75. The van der Waals surface area contributed by atoms with Gasteiger partial charge in [0.25, 0.3) is 0 Å². The second-order valence-corrected chi connectivity index (χ2v) is 4.71. The molecule has 0 saturated carbocycles. The van der Waals surface area contributed by atoms with E-state index in [4.69, 9.17) is 4.74 Å². The number of nitrogens with one attached hydrogen (secondary N) is 1. The first-order valence-corrected chi connectivity index (χ1v) is 6.02. The van der Waals surface area contributed by atoms with Crippen LogP contribution in [0.3, 0.4) is 0 Å². The summed E-state index contributed by atoms with van der Waals surface area (Å²) >= 11 is 0. The number of hydrogen-bond acceptors (Lipinski definition) is 3. The predicted octanol–water partition coefficient (Wildman–Crippen LogP) is 2.42. The minimum Gasteiger partial charge on any atom is -0.468 e. The number of methoxy groups -OCH3 is 1. The van der Waals surface area contributed by atoms with E-state index >= 15 is 0 Å². The van der Waals surface area contributed by atoms with Gasteiger partial charge in [0.15, 0.2) is 0 Å². The molecular weight excluding hydrogens is 233 g/mol. The Morgan fingerprint density at radius 1 is 1.44 bits per heavy atom. The number of carbonyl (C=O) groups excluding carboxylic acids is 1. The fourth-order valence-electron chi connectivity index (χ4n) is 1.76. The van der Waals surface area contributed by atoms with Crippen molar-refractivity contribution in [3.8, 4) is 0 Å². The summed E-state index contributed by atoms with van der Waals surface area (Å²) < 4.78 is 17.9. The van der Waals surface area contributed by atoms with Crippen LogP contribution in [-0.2, 0) is 16.1 Å². The number of carbonyl (C=O) groups is 1. The van der Waals surface area contributed by atoms with Gasteiger partial charge in [0.1, 0.15) is 11.9 Å². The van der Waals surface area contributed by atoms with Crippen molar-refractivity contribution in [3.05, 3.63) is 35.1 Å². The Kier molecular flexibility index (Phi) is 5.28. The molecule has 1 rings (SSSR count). The largest absolute Gasteiger partial charge is 0.468 e. The number of aryl methyl sites for hydroxylation is 1. The summed E-state index contributed by atoms with van der Waals surface area (Å²) in [6.07, 6.45) is 0. The molecule has 1 atom stereocenters. The van der Waals surface area contributed by atoms with E-state index in [1.54, 1.807) is 19.1 Å². The third kappa shape index (κ3) is 3.81. The highest BCUT2D eigenvalue weighted by Gasteiger charge is 2.22. The van der Waals surface area contributed by atoms with E-state index in [9.17, 15) is 9.18 Å². The molecule has 0 fully saturated rings. The number of hydrogen-bond donors (Lipinski definition) is 1. The van der Waals surface area contributed by atoms with Crippen LogP contribution in [0.5, 0.6) is 0 Å². The molecule has 1 aromatic rings. The van der Waals surface area contributed by atoms with Crippen LogP contribution in [0.4, 0.5) is 4.39 Å². The zero-order valence-corrected chi connectivity index (χ0v) is 11.3. The van der Waals surface area contributed by atoms with Crippen LogP contribution >= 0.6 is 0 Å². The minimum absolute atomic E-state index is 0.138. The van der Waals surface area contributed by atoms with Crippen LogP contribution in [0.1, 0.15) is 25.0 Å². The topological polar surface area (TPSA) is 38.3 Å². The second-order valence-electron chi connectivity index (χ2n) is 4.71. The Hall–Kier alpha value is -1.42. The number of ether oxygens (including phenoxy) is 1. The first-order valence-electron chi connectivity index (χ1n) is 6.02. The highest BCUT2D eigenvalue weighted by atomic mass is 19.1. The molecule has 0 bridgehead atoms. The number of rotatable bonds is 5. The molecule has 0 aliphatic rings. The van der Waals surface area contributed by atoms with Gasteiger partial charge in [0.2, 0.25) is 0 Å². The fourth-order valence-corrected chi connectivity index (χ4v) is 1.76. The summed E-state index contributed by atoms with van der Waals surface area (Å²) in [6, 6.07) is 4.58. The monoisotopic (exact) mass is 253 g/mol. The van der Waals surface area contributed by atoms with Crippen LogP contribution in [0.15, 0.2) is 18.2 Å². The molecule has 0 aliphatic heterocycles. The summed E-state index contributed by atoms with van der Waals surface area (Å²) in [5.41, 5.74) is 1.55. The fraction of sp³-hybridized carbons (Fsp3) is 0.500. The summed E-state index contributed by atoms with van der Waals surface area (Å²) in [5.74, 6) is -0.352. The number of halogens is 1. The van der Waals surface area contributed by atoms with Crippen LogP contribution in [0, 0.1) is 18.7 Å². The lowest BCUT2D eigenvalue weighted by molar-refractivity contribution is -0.144. The molecule has 1 N–H and O–H groups in total. The molecule has 18 heavy (non-hydrogen) atoms. The molecule has 0 saturated heterocycles. The quantitative estimate of drug-likeness (QED) is 0.819. The number of benzene rings is 1. The lowest BCUT2D eigenvalue weighted by atomic mass is 10.0. The standard InChI is InChI=1S/C14H20FNO2/c1-9(2)13(14(17)18-4)16-8-11-5-6-12(15)10(3)7-11/h5-7,9,13,16H,8H2,1-4H3/t13-/m0/s1. The summed E-state index contributed by atoms with van der Waals surface area (Å²) in [6.45, 7) is 6.13. The van der Waals surface area contributed by atoms with Gasteiger partial charge in [-0.15, -0.1) is 0 Å². The van der Waals surface area contributed by atoms with Crippen molar-refractivity contribution in [1.82, 2.24) is 5.32 Å². The molecule has 0 heterocycles. The van der Waals surface area contributed by atoms with E-state index in [1.165, 1.54) is 13.2 Å². The molecule has 0 spiro atoms. The Bertz CT molecular complexity index is 418. The molecule has 100 valence electrons. The average molecular weight is 253 g/mol. The van der Waals surface area contributed by atoms with Crippen molar-refractivity contribution in [3.63, 3.8) is 0 Å². The molecular formula is C14H20FNO2. The van der Waals surface area contributed by atoms with E-state index in [0.29, 0.717) is 12.1 Å². The van der Waals surface area contributed by atoms with Crippen LogP contribution in [0.25, 0.3) is 0 Å². The molecule has 3 nitrogen and oxygen atoms in total. The normalized spacial score (nSPS) is 12.6. The molecule has 4 heteroatoms. The molecule has 0 radical (unpaired) electrons. The maximum Gasteiger partial charge on any atom is 0.323 e. The van der Waals surface area contributed by atoms with Gasteiger partial charge in [0, 0.05) is 6.54 Å². The van der Waals surface area contributed by atoms with E-state index in [2.05, 4.69) is 5.32 Å². The van der Waals surface area contributed by atoms with Gasteiger partial charge in [-0.25, -0.2) is 4.39 Å². The van der Waals surface area contributed by atoms with Gasteiger partial charge in [-0.05, 0) is 30.0 Å². The summed E-state index contributed by atoms with van der Waals surface area (Å²) in [7, 11) is 1.38. The van der Waals surface area contributed by atoms with Crippen molar-refractivity contribution >= 4 is 5.97 Å². The van der Waals surface area contributed by atoms with Crippen LogP contribution < -0.4 is 5.32 Å². The minimum atomic E-state index is -0.347. The van der Waals surface area contributed by atoms with Crippen molar-refractivity contribution in [1.29, 1.82) is 0 Å². The molecule has 0 aromatic heterocycles. The van der Waals surface area contributed by atoms with Gasteiger partial charge < -0.3 is 10.1 Å². The Morgan fingerprint density at radius 2 is 2.11 bits per heavy atom. The van der Waals surface area contributed by atoms with Gasteiger partial charge >= 0.3 is 5.97 Å². The molecule has 0 amide bonds. The maximum atomic E-state index is 13.1. The Balaban J connectivity index is 2.67. The lowest BCUT2D eigenvalue weighted by Crippen LogP contribution is -2.41. The van der Waals surface area contributed by atoms with E-state index in [0.717, 1.165) is 5.56 Å². The maximum absolute atomic E-state index is 13.1. The van der Waals surface area contributed by atoms with Crippen LogP contribution in [-0.4, -0.2) is 19.1 Å². The SMILES string of the molecule is COC(=O)[C@@H](NCc1ccc(F)c(C)c1)C(C)C. The van der Waals surface area contributed by atoms with Crippen molar-refractivity contribution in [2.75, 3.05) is 7.11 Å². The summed E-state index contributed by atoms with van der Waals surface area (Å²) in [5, 5.41) is 3.14. The average Bonchev–Trinajstić information content (AvgIpc) is 2.33. The van der Waals surface area contributed by atoms with Crippen molar-refractivity contribution in [2.24, 2.45) is 5.92 Å². The Morgan fingerprint density at radius 3 is 2.61 bits per heavy atom. The first kappa shape index (κ1) is 14.6. The van der Waals surface area contributed by atoms with E-state index in [1.807, 2.05) is 13.8 Å². The van der Waals surface area contributed by atoms with Crippen molar-refractivity contribution in [2.45, 2.75) is 33.4 Å². The van der Waals surface area contributed by atoms with Gasteiger partial charge in [-0.2, -0.15) is 0 Å². The number of esters is 1. The smallest absolute Gasteiger partial charge is 0.323 e. The second kappa shape index (κ2) is 6.50. The van der Waals surface area contributed by atoms with E-state index < -0.39 is 0 Å². The molecule has 0 unspecified atom stereocenters. The lowest BCUT2D eigenvalue weighted by Gasteiger charge is -2.20. The van der Waals surface area contributed by atoms with E-state index in [-0.39, 0.29) is 23.7 Å². The third-order valence-corrected chi connectivity index (χ3v) is 2.87. The first-order chi connectivity index (χ1) is 8.45. The molecule has 0 aliphatic carbocycles. The molecule has 1 aromatic carbocycles. The van der Waals surface area contributed by atoms with Gasteiger partial charge in [-0.1, -0.05) is 26.0 Å². The highest BCUT2D eigenvalue weighted by Crippen LogP contribution is 2.10. The van der Waals surface area contributed by atoms with Gasteiger partial charge in [-0.3, -0.25) is 4.79 Å². The van der Waals surface area contributed by atoms with Crippen LogP contribution in [0.2, 0.25) is 0 Å². The zero-order valence-electron chi connectivity index (χ0n) is 11.3. The predicted molar refractivity (Wildman–Crippen MR) is 68.6 cm³/mol. The Labute approximate surface area is 107 Å². The summed E-state index contributed by atoms with van der Waals surface area (Å²) in [4.78, 5) is 11.6. The van der Waals surface area contributed by atoms with Gasteiger partial charge in [0.05, 0.1) is 7.11 Å². The van der Waals surface area contributed by atoms with Crippen molar-refractivity contribution < 1.29 is 13.9 Å². The zero-order chi connectivity index (χ0) is 13.7. The third-order valence-electron chi connectivity index (χ3n) is 2.87.